The number of nitrogens with one attached hydrogen (secondary N) is 1. The van der Waals surface area contributed by atoms with E-state index in [0.29, 0.717) is 20.6 Å². The lowest BCUT2D eigenvalue weighted by Crippen LogP contribution is -2.31. The van der Waals surface area contributed by atoms with E-state index in [1.54, 1.807) is 18.2 Å². The van der Waals surface area contributed by atoms with E-state index in [2.05, 4.69) is 18.3 Å². The van der Waals surface area contributed by atoms with Gasteiger partial charge in [-0.15, -0.1) is 11.8 Å². The number of halogens is 2. The molecule has 1 aliphatic rings. The summed E-state index contributed by atoms with van der Waals surface area (Å²) in [5.74, 6) is 0.443. The standard InChI is InChI=1S/C15H14Cl2N2OS/c1-2-5-21-15-12(8-18)11(7-14(20)19-15)10-4-3-9(16)6-13(10)17/h3-4,6,11H,2,5,7H2,1H3,(H,19,20)/t11-/m0/s1. The Labute approximate surface area is 138 Å². The molecule has 0 radical (unpaired) electrons. The molecule has 1 N–H and O–H groups in total. The molecule has 2 rings (SSSR count). The molecule has 3 nitrogen and oxygen atoms in total. The normalized spacial score (nSPS) is 18.4. The van der Waals surface area contributed by atoms with E-state index in [4.69, 9.17) is 23.2 Å². The summed E-state index contributed by atoms with van der Waals surface area (Å²) in [6, 6.07) is 7.37. The van der Waals surface area contributed by atoms with Crippen LogP contribution >= 0.6 is 35.0 Å². The summed E-state index contributed by atoms with van der Waals surface area (Å²) >= 11 is 13.6. The highest BCUT2D eigenvalue weighted by Gasteiger charge is 2.30. The molecule has 1 heterocycles. The molecule has 0 aliphatic carbocycles. The number of benzene rings is 1. The molecule has 0 unspecified atom stereocenters. The van der Waals surface area contributed by atoms with E-state index in [-0.39, 0.29) is 18.2 Å². The number of carbonyl (C=O) groups excluding carboxylic acids is 1. The van der Waals surface area contributed by atoms with Crippen molar-refractivity contribution in [2.75, 3.05) is 5.75 Å². The topological polar surface area (TPSA) is 52.9 Å². The van der Waals surface area contributed by atoms with Gasteiger partial charge in [0.25, 0.3) is 0 Å². The van der Waals surface area contributed by atoms with Gasteiger partial charge in [-0.05, 0) is 29.9 Å². The minimum absolute atomic E-state index is 0.0939. The molecule has 1 aromatic rings. The maximum atomic E-state index is 11.9. The lowest BCUT2D eigenvalue weighted by Gasteiger charge is -2.25. The smallest absolute Gasteiger partial charge is 0.225 e. The van der Waals surface area contributed by atoms with Gasteiger partial charge in [0.15, 0.2) is 0 Å². The number of hydrogen-bond donors (Lipinski definition) is 1. The maximum absolute atomic E-state index is 11.9. The fourth-order valence-electron chi connectivity index (χ4n) is 2.19. The molecule has 1 atom stereocenters. The van der Waals surface area contributed by atoms with Gasteiger partial charge in [0.1, 0.15) is 0 Å². The molecule has 0 saturated carbocycles. The van der Waals surface area contributed by atoms with Gasteiger partial charge in [0.2, 0.25) is 5.91 Å². The Bertz CT molecular complexity index is 637. The number of nitrogens with zero attached hydrogens (tertiary/aromatic N) is 1. The third-order valence-corrected chi connectivity index (χ3v) is 4.93. The van der Waals surface area contributed by atoms with Crippen LogP contribution in [0.25, 0.3) is 0 Å². The molecule has 6 heteroatoms. The van der Waals surface area contributed by atoms with Gasteiger partial charge in [0, 0.05) is 22.4 Å². The van der Waals surface area contributed by atoms with Crippen molar-refractivity contribution in [1.29, 1.82) is 5.26 Å². The summed E-state index contributed by atoms with van der Waals surface area (Å²) in [5, 5.41) is 13.9. The largest absolute Gasteiger partial charge is 0.320 e. The van der Waals surface area contributed by atoms with Crippen molar-refractivity contribution in [1.82, 2.24) is 5.32 Å². The quantitative estimate of drug-likeness (QED) is 0.879. The van der Waals surface area contributed by atoms with Crippen LogP contribution in [0.5, 0.6) is 0 Å². The van der Waals surface area contributed by atoms with Crippen LogP contribution in [0.2, 0.25) is 10.0 Å². The van der Waals surface area contributed by atoms with Gasteiger partial charge in [0.05, 0.1) is 16.7 Å². The van der Waals surface area contributed by atoms with Gasteiger partial charge >= 0.3 is 0 Å². The van der Waals surface area contributed by atoms with Crippen LogP contribution in [0.15, 0.2) is 28.8 Å². The van der Waals surface area contributed by atoms with Crippen molar-refractivity contribution < 1.29 is 4.79 Å². The highest BCUT2D eigenvalue weighted by atomic mass is 35.5. The Morgan fingerprint density at radius 2 is 2.24 bits per heavy atom. The molecule has 0 spiro atoms. The summed E-state index contributed by atoms with van der Waals surface area (Å²) in [6.45, 7) is 2.05. The third-order valence-electron chi connectivity index (χ3n) is 3.14. The number of rotatable bonds is 4. The molecule has 110 valence electrons. The van der Waals surface area contributed by atoms with E-state index in [9.17, 15) is 10.1 Å². The minimum Gasteiger partial charge on any atom is -0.320 e. The average molecular weight is 341 g/mol. The van der Waals surface area contributed by atoms with Crippen molar-refractivity contribution in [2.24, 2.45) is 0 Å². The summed E-state index contributed by atoms with van der Waals surface area (Å²) in [7, 11) is 0. The van der Waals surface area contributed by atoms with Crippen LogP contribution in [-0.2, 0) is 4.79 Å². The van der Waals surface area contributed by atoms with Gasteiger partial charge in [-0.2, -0.15) is 5.26 Å². The molecule has 21 heavy (non-hydrogen) atoms. The second kappa shape index (κ2) is 7.22. The average Bonchev–Trinajstić information content (AvgIpc) is 2.44. The van der Waals surface area contributed by atoms with Gasteiger partial charge in [-0.25, -0.2) is 0 Å². The number of carbonyl (C=O) groups is 1. The van der Waals surface area contributed by atoms with Crippen molar-refractivity contribution >= 4 is 40.9 Å². The van der Waals surface area contributed by atoms with E-state index >= 15 is 0 Å². The Kier molecular flexibility index (Phi) is 5.58. The van der Waals surface area contributed by atoms with Crippen LogP contribution in [0.1, 0.15) is 31.2 Å². The Hall–Kier alpha value is -1.15. The zero-order valence-corrected chi connectivity index (χ0v) is 13.8. The van der Waals surface area contributed by atoms with Gasteiger partial charge in [-0.3, -0.25) is 4.79 Å². The van der Waals surface area contributed by atoms with Crippen LogP contribution in [0.4, 0.5) is 0 Å². The van der Waals surface area contributed by atoms with E-state index < -0.39 is 0 Å². The number of allylic oxidation sites excluding steroid dienone is 1. The summed E-state index contributed by atoms with van der Waals surface area (Å²) in [4.78, 5) is 11.9. The fraction of sp³-hybridized carbons (Fsp3) is 0.333. The Morgan fingerprint density at radius 3 is 2.86 bits per heavy atom. The van der Waals surface area contributed by atoms with Crippen LogP contribution in [0.3, 0.4) is 0 Å². The second-order valence-electron chi connectivity index (χ2n) is 4.67. The minimum atomic E-state index is -0.312. The van der Waals surface area contributed by atoms with Crippen molar-refractivity contribution in [3.63, 3.8) is 0 Å². The Balaban J connectivity index is 2.45. The van der Waals surface area contributed by atoms with Crippen molar-refractivity contribution in [3.05, 3.63) is 44.4 Å². The van der Waals surface area contributed by atoms with Gasteiger partial charge < -0.3 is 5.32 Å². The molecular weight excluding hydrogens is 327 g/mol. The summed E-state index contributed by atoms with van der Waals surface area (Å²) < 4.78 is 0. The molecule has 0 fully saturated rings. The molecular formula is C15H14Cl2N2OS. The van der Waals surface area contributed by atoms with Crippen molar-refractivity contribution in [3.8, 4) is 6.07 Å². The Morgan fingerprint density at radius 1 is 1.48 bits per heavy atom. The third kappa shape index (κ3) is 3.74. The summed E-state index contributed by atoms with van der Waals surface area (Å²) in [5.41, 5.74) is 1.33. The van der Waals surface area contributed by atoms with Crippen molar-refractivity contribution in [2.45, 2.75) is 25.7 Å². The van der Waals surface area contributed by atoms with Crippen LogP contribution in [-0.4, -0.2) is 11.7 Å². The zero-order valence-electron chi connectivity index (χ0n) is 11.5. The van der Waals surface area contributed by atoms with E-state index in [1.807, 2.05) is 0 Å². The van der Waals surface area contributed by atoms with Crippen LogP contribution in [0, 0.1) is 11.3 Å². The lowest BCUT2D eigenvalue weighted by atomic mass is 9.87. The highest BCUT2D eigenvalue weighted by Crippen LogP contribution is 2.39. The molecule has 1 aliphatic heterocycles. The first-order chi connectivity index (χ1) is 10.1. The molecule has 0 bridgehead atoms. The fourth-order valence-corrected chi connectivity index (χ4v) is 3.66. The van der Waals surface area contributed by atoms with Gasteiger partial charge in [-0.1, -0.05) is 36.2 Å². The lowest BCUT2D eigenvalue weighted by molar-refractivity contribution is -0.120. The summed E-state index contributed by atoms with van der Waals surface area (Å²) in [6.07, 6.45) is 1.19. The highest BCUT2D eigenvalue weighted by molar-refractivity contribution is 8.03. The second-order valence-corrected chi connectivity index (χ2v) is 6.62. The van der Waals surface area contributed by atoms with E-state index in [1.165, 1.54) is 11.8 Å². The molecule has 1 aromatic carbocycles. The predicted molar refractivity (Wildman–Crippen MR) is 87.4 cm³/mol. The number of nitriles is 1. The van der Waals surface area contributed by atoms with E-state index in [0.717, 1.165) is 17.7 Å². The monoisotopic (exact) mass is 340 g/mol. The number of thioether (sulfide) groups is 1. The maximum Gasteiger partial charge on any atom is 0.225 e. The van der Waals surface area contributed by atoms with Crippen LogP contribution < -0.4 is 5.32 Å². The molecule has 1 amide bonds. The first-order valence-electron chi connectivity index (χ1n) is 6.58. The SMILES string of the molecule is CCCSC1=C(C#N)[C@H](c2ccc(Cl)cc2Cl)CC(=O)N1. The number of amides is 1. The molecule has 0 aromatic heterocycles. The first-order valence-corrected chi connectivity index (χ1v) is 8.32. The number of hydrogen-bond acceptors (Lipinski definition) is 3. The molecule has 0 saturated heterocycles. The first kappa shape index (κ1) is 16.2. The predicted octanol–water partition coefficient (Wildman–Crippen LogP) is 4.48. The zero-order chi connectivity index (χ0) is 15.4.